The molecule has 0 amide bonds. The lowest BCUT2D eigenvalue weighted by atomic mass is 10.2. The van der Waals surface area contributed by atoms with E-state index in [1.807, 2.05) is 13.0 Å². The lowest BCUT2D eigenvalue weighted by Crippen LogP contribution is -1.82. The van der Waals surface area contributed by atoms with Crippen molar-refractivity contribution in [1.29, 1.82) is 5.26 Å². The maximum Gasteiger partial charge on any atom is 0.182 e. The Bertz CT molecular complexity index is 889. The van der Waals surface area contributed by atoms with Gasteiger partial charge in [0.2, 0.25) is 0 Å². The molecule has 0 bridgehead atoms. The summed E-state index contributed by atoms with van der Waals surface area (Å²) in [6, 6.07) is 12.6. The van der Waals surface area contributed by atoms with E-state index in [2.05, 4.69) is 21.3 Å². The third-order valence-corrected chi connectivity index (χ3v) is 3.18. The summed E-state index contributed by atoms with van der Waals surface area (Å²) in [7, 11) is 0. The monoisotopic (exact) mass is 295 g/mol. The van der Waals surface area contributed by atoms with Crippen molar-refractivity contribution < 1.29 is 0 Å². The van der Waals surface area contributed by atoms with Crippen molar-refractivity contribution in [1.82, 2.24) is 9.38 Å². The number of aromatic nitrogens is 2. The molecule has 0 spiro atoms. The first-order chi connectivity index (χ1) is 10.2. The minimum Gasteiger partial charge on any atom is -0.281 e. The molecular weight excluding hydrogens is 286 g/mol. The molecule has 3 rings (SSSR count). The predicted molar refractivity (Wildman–Crippen MR) is 80.3 cm³/mol. The topological polar surface area (TPSA) is 65.8 Å². The van der Waals surface area contributed by atoms with Crippen molar-refractivity contribution in [3.05, 3.63) is 58.9 Å². The number of nitriles is 1. The molecule has 0 atom stereocenters. The van der Waals surface area contributed by atoms with Gasteiger partial charge in [0.25, 0.3) is 0 Å². The fourth-order valence-electron chi connectivity index (χ4n) is 1.99. The maximum atomic E-state index is 8.88. The van der Waals surface area contributed by atoms with E-state index in [0.29, 0.717) is 22.1 Å². The van der Waals surface area contributed by atoms with Crippen LogP contribution in [-0.4, -0.2) is 9.38 Å². The largest absolute Gasteiger partial charge is 0.281 e. The summed E-state index contributed by atoms with van der Waals surface area (Å²) in [4.78, 5) is 4.40. The molecular formula is C15H10ClN5. The van der Waals surface area contributed by atoms with Crippen LogP contribution in [0.5, 0.6) is 0 Å². The van der Waals surface area contributed by atoms with Gasteiger partial charge in [-0.1, -0.05) is 17.7 Å². The first-order valence-corrected chi connectivity index (χ1v) is 6.61. The Morgan fingerprint density at radius 2 is 2.10 bits per heavy atom. The van der Waals surface area contributed by atoms with Crippen LogP contribution in [0.2, 0.25) is 5.02 Å². The van der Waals surface area contributed by atoms with Gasteiger partial charge in [-0.3, -0.25) is 4.40 Å². The molecule has 102 valence electrons. The molecule has 1 aromatic carbocycles. The molecule has 0 aliphatic carbocycles. The standard InChI is InChI=1S/C15H10ClN5/c1-10-15(21-9-12(16)5-6-14(21)18-10)20-19-13-4-2-3-11(7-13)8-17/h2-7,9H,1H3. The number of halogens is 1. The molecule has 21 heavy (non-hydrogen) atoms. The summed E-state index contributed by atoms with van der Waals surface area (Å²) < 4.78 is 1.79. The van der Waals surface area contributed by atoms with Crippen LogP contribution in [0, 0.1) is 18.3 Å². The zero-order chi connectivity index (χ0) is 14.8. The van der Waals surface area contributed by atoms with Crippen molar-refractivity contribution in [2.75, 3.05) is 0 Å². The van der Waals surface area contributed by atoms with Crippen LogP contribution in [0.25, 0.3) is 5.65 Å². The zero-order valence-corrected chi connectivity index (χ0v) is 11.9. The lowest BCUT2D eigenvalue weighted by molar-refractivity contribution is 1.09. The SMILES string of the molecule is Cc1nc2ccc(Cl)cn2c1N=Nc1cccc(C#N)c1. The second-order valence-corrected chi connectivity index (χ2v) is 4.89. The van der Waals surface area contributed by atoms with Gasteiger partial charge in [0.05, 0.1) is 28.0 Å². The number of fused-ring (bicyclic) bond motifs is 1. The normalized spacial score (nSPS) is 11.1. The van der Waals surface area contributed by atoms with Crippen molar-refractivity contribution in [3.63, 3.8) is 0 Å². The molecule has 3 aromatic rings. The number of imidazole rings is 1. The molecule has 2 heterocycles. The molecule has 0 aliphatic heterocycles. The van der Waals surface area contributed by atoms with Gasteiger partial charge in [0, 0.05) is 6.20 Å². The highest BCUT2D eigenvalue weighted by Crippen LogP contribution is 2.25. The first kappa shape index (κ1) is 13.3. The van der Waals surface area contributed by atoms with Gasteiger partial charge >= 0.3 is 0 Å². The summed E-state index contributed by atoms with van der Waals surface area (Å²) in [5.41, 5.74) is 2.68. The van der Waals surface area contributed by atoms with Crippen LogP contribution in [0.1, 0.15) is 11.3 Å². The molecule has 0 N–H and O–H groups in total. The Labute approximate surface area is 126 Å². The highest BCUT2D eigenvalue weighted by Gasteiger charge is 2.08. The van der Waals surface area contributed by atoms with Crippen molar-refractivity contribution in [3.8, 4) is 6.07 Å². The Balaban J connectivity index is 2.05. The van der Waals surface area contributed by atoms with Crippen molar-refractivity contribution >= 4 is 28.8 Å². The van der Waals surface area contributed by atoms with Gasteiger partial charge in [0.1, 0.15) is 5.65 Å². The average molecular weight is 296 g/mol. The zero-order valence-electron chi connectivity index (χ0n) is 11.2. The van der Waals surface area contributed by atoms with E-state index in [1.54, 1.807) is 40.9 Å². The lowest BCUT2D eigenvalue weighted by Gasteiger charge is -1.97. The number of rotatable bonds is 2. The van der Waals surface area contributed by atoms with E-state index in [1.165, 1.54) is 0 Å². The number of hydrogen-bond donors (Lipinski definition) is 0. The molecule has 6 heteroatoms. The molecule has 0 fully saturated rings. The molecule has 0 unspecified atom stereocenters. The Kier molecular flexibility index (Phi) is 3.38. The number of benzene rings is 1. The van der Waals surface area contributed by atoms with Gasteiger partial charge in [-0.15, -0.1) is 10.2 Å². The third kappa shape index (κ3) is 2.62. The fourth-order valence-corrected chi connectivity index (χ4v) is 2.15. The van der Waals surface area contributed by atoms with Gasteiger partial charge in [-0.2, -0.15) is 5.26 Å². The molecule has 0 saturated carbocycles. The Morgan fingerprint density at radius 1 is 1.24 bits per heavy atom. The van der Waals surface area contributed by atoms with Crippen LogP contribution >= 0.6 is 11.6 Å². The third-order valence-electron chi connectivity index (χ3n) is 2.96. The van der Waals surface area contributed by atoms with Gasteiger partial charge in [-0.25, -0.2) is 4.98 Å². The fraction of sp³-hybridized carbons (Fsp3) is 0.0667. The van der Waals surface area contributed by atoms with Crippen molar-refractivity contribution in [2.45, 2.75) is 6.92 Å². The van der Waals surface area contributed by atoms with E-state index in [9.17, 15) is 0 Å². The summed E-state index contributed by atoms with van der Waals surface area (Å²) in [5.74, 6) is 0.620. The summed E-state index contributed by atoms with van der Waals surface area (Å²) in [5, 5.41) is 17.9. The van der Waals surface area contributed by atoms with Crippen LogP contribution in [-0.2, 0) is 0 Å². The van der Waals surface area contributed by atoms with E-state index >= 15 is 0 Å². The van der Waals surface area contributed by atoms with Gasteiger partial charge in [-0.05, 0) is 37.3 Å². The minimum absolute atomic E-state index is 0.546. The first-order valence-electron chi connectivity index (χ1n) is 6.23. The molecule has 0 saturated heterocycles. The maximum absolute atomic E-state index is 8.88. The molecule has 2 aromatic heterocycles. The number of hydrogen-bond acceptors (Lipinski definition) is 4. The second-order valence-electron chi connectivity index (χ2n) is 4.46. The Morgan fingerprint density at radius 3 is 2.90 bits per heavy atom. The van der Waals surface area contributed by atoms with E-state index in [0.717, 1.165) is 11.3 Å². The highest BCUT2D eigenvalue weighted by atomic mass is 35.5. The van der Waals surface area contributed by atoms with E-state index in [-0.39, 0.29) is 0 Å². The predicted octanol–water partition coefficient (Wildman–Crippen LogP) is 4.58. The summed E-state index contributed by atoms with van der Waals surface area (Å²) >= 11 is 6.00. The second kappa shape index (κ2) is 5.35. The number of aryl methyl sites for hydroxylation is 1. The van der Waals surface area contributed by atoms with Crippen LogP contribution < -0.4 is 0 Å². The van der Waals surface area contributed by atoms with E-state index in [4.69, 9.17) is 16.9 Å². The quantitative estimate of drug-likeness (QED) is 0.649. The average Bonchev–Trinajstić information content (AvgIpc) is 2.80. The van der Waals surface area contributed by atoms with Crippen LogP contribution in [0.3, 0.4) is 0 Å². The van der Waals surface area contributed by atoms with E-state index < -0.39 is 0 Å². The summed E-state index contributed by atoms with van der Waals surface area (Å²) in [6.07, 6.45) is 1.75. The highest BCUT2D eigenvalue weighted by molar-refractivity contribution is 6.30. The van der Waals surface area contributed by atoms with Crippen molar-refractivity contribution in [2.24, 2.45) is 10.2 Å². The van der Waals surface area contributed by atoms with Crippen LogP contribution in [0.15, 0.2) is 52.8 Å². The molecule has 0 radical (unpaired) electrons. The molecule has 5 nitrogen and oxygen atoms in total. The number of pyridine rings is 1. The number of nitrogens with zero attached hydrogens (tertiary/aromatic N) is 5. The molecule has 0 aliphatic rings. The minimum atomic E-state index is 0.546. The smallest absolute Gasteiger partial charge is 0.182 e. The van der Waals surface area contributed by atoms with Gasteiger partial charge < -0.3 is 0 Å². The van der Waals surface area contributed by atoms with Crippen LogP contribution in [0.4, 0.5) is 11.5 Å². The van der Waals surface area contributed by atoms with Gasteiger partial charge in [0.15, 0.2) is 5.82 Å². The summed E-state index contributed by atoms with van der Waals surface area (Å²) in [6.45, 7) is 1.86. The Hall–Kier alpha value is -2.71. The number of azo groups is 1.